The molecule has 0 aliphatic carbocycles. The third-order valence-corrected chi connectivity index (χ3v) is 2.88. The van der Waals surface area contributed by atoms with Crippen LogP contribution in [0.1, 0.15) is 21.0 Å². The number of nitrogens with one attached hydrogen (secondary N) is 2. The summed E-state index contributed by atoms with van der Waals surface area (Å²) in [6, 6.07) is 12.1. The Kier molecular flexibility index (Phi) is 3.07. The number of carboxylic acids is 1. The van der Waals surface area contributed by atoms with Gasteiger partial charge >= 0.3 is 5.97 Å². The summed E-state index contributed by atoms with van der Waals surface area (Å²) in [5, 5.41) is 18.2. The number of aromatic carboxylic acids is 1. The predicted molar refractivity (Wildman–Crippen MR) is 75.2 cm³/mol. The summed E-state index contributed by atoms with van der Waals surface area (Å²) >= 11 is 0. The van der Waals surface area contributed by atoms with E-state index in [2.05, 4.69) is 20.5 Å². The summed E-state index contributed by atoms with van der Waals surface area (Å²) in [6.45, 7) is 0. The Morgan fingerprint density at radius 3 is 2.71 bits per heavy atom. The Morgan fingerprint density at radius 1 is 1.14 bits per heavy atom. The highest BCUT2D eigenvalue weighted by Gasteiger charge is 2.12. The van der Waals surface area contributed by atoms with Crippen LogP contribution in [0.15, 0.2) is 42.5 Å². The molecule has 7 heteroatoms. The lowest BCUT2D eigenvalue weighted by atomic mass is 10.2. The van der Waals surface area contributed by atoms with Crippen LogP contribution in [0.4, 0.5) is 5.82 Å². The quantitative estimate of drug-likeness (QED) is 0.680. The molecule has 0 saturated carbocycles. The number of anilines is 1. The molecule has 0 unspecified atom stereocenters. The number of amides is 1. The van der Waals surface area contributed by atoms with Crippen molar-refractivity contribution in [1.29, 1.82) is 0 Å². The molecule has 0 aliphatic rings. The maximum absolute atomic E-state index is 12.1. The highest BCUT2D eigenvalue weighted by Crippen LogP contribution is 2.13. The number of hydrogen-bond donors (Lipinski definition) is 3. The third kappa shape index (κ3) is 2.57. The van der Waals surface area contributed by atoms with Crippen molar-refractivity contribution in [2.75, 3.05) is 5.32 Å². The van der Waals surface area contributed by atoms with Gasteiger partial charge in [-0.2, -0.15) is 5.10 Å². The zero-order chi connectivity index (χ0) is 14.8. The van der Waals surface area contributed by atoms with Crippen LogP contribution in [0.5, 0.6) is 0 Å². The predicted octanol–water partition coefficient (Wildman–Crippen LogP) is 1.91. The molecule has 1 aromatic carbocycles. The van der Waals surface area contributed by atoms with Crippen molar-refractivity contribution in [3.8, 4) is 0 Å². The average Bonchev–Trinajstić information content (AvgIpc) is 2.95. The molecule has 3 N–H and O–H groups in total. The minimum atomic E-state index is -1.15. The van der Waals surface area contributed by atoms with E-state index in [0.29, 0.717) is 5.52 Å². The molecule has 0 aliphatic heterocycles. The number of aromatic amines is 1. The van der Waals surface area contributed by atoms with Crippen molar-refractivity contribution in [1.82, 2.24) is 15.2 Å². The molecule has 2 aromatic heterocycles. The number of para-hydroxylation sites is 1. The third-order valence-electron chi connectivity index (χ3n) is 2.88. The topological polar surface area (TPSA) is 108 Å². The molecule has 0 radical (unpaired) electrons. The molecule has 7 nitrogen and oxygen atoms in total. The number of nitrogens with zero attached hydrogens (tertiary/aromatic N) is 2. The number of carboxylic acid groups (broad SMARTS) is 1. The first kappa shape index (κ1) is 12.8. The number of carbonyl (C=O) groups is 2. The summed E-state index contributed by atoms with van der Waals surface area (Å²) < 4.78 is 0. The van der Waals surface area contributed by atoms with Crippen LogP contribution in [0.3, 0.4) is 0 Å². The lowest BCUT2D eigenvalue weighted by molar-refractivity contribution is 0.0690. The molecule has 3 rings (SSSR count). The number of H-pyrrole nitrogens is 1. The minimum Gasteiger partial charge on any atom is -0.477 e. The van der Waals surface area contributed by atoms with Crippen molar-refractivity contribution in [3.63, 3.8) is 0 Å². The van der Waals surface area contributed by atoms with E-state index in [1.165, 1.54) is 6.07 Å². The Labute approximate surface area is 118 Å². The van der Waals surface area contributed by atoms with E-state index in [1.54, 1.807) is 12.1 Å². The monoisotopic (exact) mass is 282 g/mol. The number of rotatable bonds is 3. The van der Waals surface area contributed by atoms with Gasteiger partial charge in [-0.25, -0.2) is 9.78 Å². The molecule has 0 fully saturated rings. The first-order valence-corrected chi connectivity index (χ1v) is 6.09. The summed E-state index contributed by atoms with van der Waals surface area (Å²) in [5.41, 5.74) is 0.837. The van der Waals surface area contributed by atoms with Gasteiger partial charge in [-0.3, -0.25) is 9.89 Å². The van der Waals surface area contributed by atoms with Crippen LogP contribution in [0.25, 0.3) is 10.9 Å². The van der Waals surface area contributed by atoms with Crippen molar-refractivity contribution >= 4 is 28.6 Å². The molecule has 0 atom stereocenters. The zero-order valence-electron chi connectivity index (χ0n) is 10.7. The molecule has 0 bridgehead atoms. The number of hydrogen-bond acceptors (Lipinski definition) is 4. The lowest BCUT2D eigenvalue weighted by Gasteiger charge is -2.02. The maximum Gasteiger partial charge on any atom is 0.353 e. The summed E-state index contributed by atoms with van der Waals surface area (Å²) in [5.74, 6) is -1.47. The van der Waals surface area contributed by atoms with Crippen LogP contribution >= 0.6 is 0 Å². The number of pyridine rings is 1. The molecule has 0 spiro atoms. The van der Waals surface area contributed by atoms with Crippen molar-refractivity contribution in [3.05, 3.63) is 53.9 Å². The standard InChI is InChI=1S/C14H10N4O3/c19-13(16-12-7-11(14(20)21)17-18-12)10-6-5-8-3-1-2-4-9(8)15-10/h1-7H,(H,20,21)(H2,16,17,18,19). The Morgan fingerprint density at radius 2 is 1.95 bits per heavy atom. The average molecular weight is 282 g/mol. The van der Waals surface area contributed by atoms with Gasteiger partial charge in [-0.1, -0.05) is 24.3 Å². The summed E-state index contributed by atoms with van der Waals surface area (Å²) in [4.78, 5) is 27.0. The van der Waals surface area contributed by atoms with Crippen LogP contribution in [-0.4, -0.2) is 32.2 Å². The Bertz CT molecular complexity index is 841. The van der Waals surface area contributed by atoms with Gasteiger partial charge < -0.3 is 10.4 Å². The van der Waals surface area contributed by atoms with Gasteiger partial charge in [0.05, 0.1) is 5.52 Å². The molecule has 0 saturated heterocycles. The van der Waals surface area contributed by atoms with Crippen LogP contribution in [0, 0.1) is 0 Å². The first-order chi connectivity index (χ1) is 10.1. The molecule has 3 aromatic rings. The highest BCUT2D eigenvalue weighted by atomic mass is 16.4. The van der Waals surface area contributed by atoms with E-state index in [4.69, 9.17) is 5.11 Å². The second-order valence-electron chi connectivity index (χ2n) is 4.32. The molecule has 21 heavy (non-hydrogen) atoms. The lowest BCUT2D eigenvalue weighted by Crippen LogP contribution is -2.13. The van der Waals surface area contributed by atoms with Crippen LogP contribution in [0.2, 0.25) is 0 Å². The van der Waals surface area contributed by atoms with Gasteiger partial charge in [0.2, 0.25) is 0 Å². The van der Waals surface area contributed by atoms with Gasteiger partial charge in [-0.15, -0.1) is 0 Å². The summed E-state index contributed by atoms with van der Waals surface area (Å²) in [6.07, 6.45) is 0. The molecular weight excluding hydrogens is 272 g/mol. The van der Waals surface area contributed by atoms with E-state index in [-0.39, 0.29) is 17.2 Å². The fourth-order valence-electron chi connectivity index (χ4n) is 1.87. The number of carbonyl (C=O) groups excluding carboxylic acids is 1. The number of aromatic nitrogens is 3. The normalized spacial score (nSPS) is 10.5. The Hall–Kier alpha value is -3.22. The molecule has 2 heterocycles. The minimum absolute atomic E-state index is 0.100. The van der Waals surface area contributed by atoms with Crippen molar-refractivity contribution < 1.29 is 14.7 Å². The van der Waals surface area contributed by atoms with Crippen LogP contribution in [-0.2, 0) is 0 Å². The number of fused-ring (bicyclic) bond motifs is 1. The second kappa shape index (κ2) is 5.04. The fraction of sp³-hybridized carbons (Fsp3) is 0. The molecular formula is C14H10N4O3. The maximum atomic E-state index is 12.1. The SMILES string of the molecule is O=C(Nc1cc(C(=O)O)[nH]n1)c1ccc2ccccc2n1. The van der Waals surface area contributed by atoms with E-state index in [0.717, 1.165) is 5.39 Å². The van der Waals surface area contributed by atoms with Gasteiger partial charge in [0.15, 0.2) is 5.82 Å². The van der Waals surface area contributed by atoms with E-state index >= 15 is 0 Å². The fourth-order valence-corrected chi connectivity index (χ4v) is 1.87. The van der Waals surface area contributed by atoms with Crippen LogP contribution < -0.4 is 5.32 Å². The van der Waals surface area contributed by atoms with E-state index in [9.17, 15) is 9.59 Å². The molecule has 1 amide bonds. The smallest absolute Gasteiger partial charge is 0.353 e. The number of benzene rings is 1. The van der Waals surface area contributed by atoms with Crippen molar-refractivity contribution in [2.24, 2.45) is 0 Å². The summed E-state index contributed by atoms with van der Waals surface area (Å²) in [7, 11) is 0. The van der Waals surface area contributed by atoms with Crippen molar-refractivity contribution in [2.45, 2.75) is 0 Å². The first-order valence-electron chi connectivity index (χ1n) is 6.09. The second-order valence-corrected chi connectivity index (χ2v) is 4.32. The van der Waals surface area contributed by atoms with E-state index < -0.39 is 11.9 Å². The Balaban J connectivity index is 1.84. The van der Waals surface area contributed by atoms with Gasteiger partial charge in [0, 0.05) is 11.5 Å². The highest BCUT2D eigenvalue weighted by molar-refractivity contribution is 6.04. The largest absolute Gasteiger partial charge is 0.477 e. The van der Waals surface area contributed by atoms with Gasteiger partial charge in [-0.05, 0) is 12.1 Å². The van der Waals surface area contributed by atoms with Gasteiger partial charge in [0.25, 0.3) is 5.91 Å². The van der Waals surface area contributed by atoms with Gasteiger partial charge in [0.1, 0.15) is 11.4 Å². The van der Waals surface area contributed by atoms with E-state index in [1.807, 2.05) is 24.3 Å². The zero-order valence-corrected chi connectivity index (χ0v) is 10.7. The molecule has 104 valence electrons.